The van der Waals surface area contributed by atoms with Crippen molar-refractivity contribution in [3.63, 3.8) is 0 Å². The molecule has 2 rings (SSSR count). The highest BCUT2D eigenvalue weighted by Gasteiger charge is 2.11. The van der Waals surface area contributed by atoms with Gasteiger partial charge < -0.3 is 9.64 Å². The fourth-order valence-corrected chi connectivity index (χ4v) is 2.46. The van der Waals surface area contributed by atoms with Gasteiger partial charge in [0.05, 0.1) is 18.6 Å². The molecule has 0 aromatic heterocycles. The lowest BCUT2D eigenvalue weighted by atomic mass is 9.97. The Morgan fingerprint density at radius 2 is 1.87 bits per heavy atom. The van der Waals surface area contributed by atoms with E-state index in [9.17, 15) is 5.26 Å². The summed E-state index contributed by atoms with van der Waals surface area (Å²) >= 11 is 0. The van der Waals surface area contributed by atoms with Crippen LogP contribution in [0.4, 0.5) is 5.69 Å². The Bertz CT molecular complexity index is 656. The van der Waals surface area contributed by atoms with Crippen LogP contribution in [0, 0.1) is 11.3 Å². The van der Waals surface area contributed by atoms with Gasteiger partial charge in [0.15, 0.2) is 0 Å². The topological polar surface area (TPSA) is 36.3 Å². The Labute approximate surface area is 139 Å². The van der Waals surface area contributed by atoms with Crippen molar-refractivity contribution in [2.24, 2.45) is 0 Å². The first kappa shape index (κ1) is 16.9. The first-order valence-electron chi connectivity index (χ1n) is 8.02. The predicted octanol–water partition coefficient (Wildman–Crippen LogP) is 4.39. The molecule has 120 valence electrons. The van der Waals surface area contributed by atoms with Crippen LogP contribution < -0.4 is 9.64 Å². The van der Waals surface area contributed by atoms with Crippen LogP contribution in [0.3, 0.4) is 0 Å². The Morgan fingerprint density at radius 1 is 1.13 bits per heavy atom. The maximum absolute atomic E-state index is 9.42. The quantitative estimate of drug-likeness (QED) is 0.761. The molecule has 3 heteroatoms. The zero-order valence-corrected chi connectivity index (χ0v) is 14.1. The van der Waals surface area contributed by atoms with Crippen molar-refractivity contribution in [3.8, 4) is 11.8 Å². The number of aryl methyl sites for hydroxylation is 1. The minimum atomic E-state index is -0.138. The maximum Gasteiger partial charge on any atom is 0.119 e. The Hall–Kier alpha value is -2.47. The molecule has 1 unspecified atom stereocenters. The van der Waals surface area contributed by atoms with Gasteiger partial charge in [-0.1, -0.05) is 31.2 Å². The SMILES string of the molecule is CCc1cccc(OCCC(C#N)c2ccc(N(C)C)cc2)c1. The molecule has 0 saturated carbocycles. The zero-order valence-electron chi connectivity index (χ0n) is 14.1. The van der Waals surface area contributed by atoms with Crippen LogP contribution in [0.2, 0.25) is 0 Å². The van der Waals surface area contributed by atoms with Crippen molar-refractivity contribution >= 4 is 5.69 Å². The van der Waals surface area contributed by atoms with Crippen molar-refractivity contribution in [3.05, 3.63) is 59.7 Å². The molecule has 0 fully saturated rings. The molecule has 0 N–H and O–H groups in total. The minimum absolute atomic E-state index is 0.138. The molecule has 0 saturated heterocycles. The molecule has 2 aromatic carbocycles. The van der Waals surface area contributed by atoms with Crippen LogP contribution in [0.25, 0.3) is 0 Å². The smallest absolute Gasteiger partial charge is 0.119 e. The molecule has 0 bridgehead atoms. The highest BCUT2D eigenvalue weighted by molar-refractivity contribution is 5.47. The van der Waals surface area contributed by atoms with Crippen molar-refractivity contribution < 1.29 is 4.74 Å². The monoisotopic (exact) mass is 308 g/mol. The Kier molecular flexibility index (Phi) is 6.05. The lowest BCUT2D eigenvalue weighted by molar-refractivity contribution is 0.305. The molecule has 0 aliphatic heterocycles. The summed E-state index contributed by atoms with van der Waals surface area (Å²) in [5.41, 5.74) is 3.45. The number of rotatable bonds is 7. The van der Waals surface area contributed by atoms with Crippen LogP contribution in [0.1, 0.15) is 30.4 Å². The first-order valence-corrected chi connectivity index (χ1v) is 8.02. The van der Waals surface area contributed by atoms with Crippen LogP contribution >= 0.6 is 0 Å². The number of ether oxygens (including phenoxy) is 1. The fraction of sp³-hybridized carbons (Fsp3) is 0.350. The second-order valence-corrected chi connectivity index (χ2v) is 5.81. The molecule has 0 heterocycles. The Balaban J connectivity index is 1.93. The van der Waals surface area contributed by atoms with E-state index < -0.39 is 0 Å². The van der Waals surface area contributed by atoms with Gasteiger partial charge in [0.1, 0.15) is 5.75 Å². The molecular formula is C20H24N2O. The van der Waals surface area contributed by atoms with Gasteiger partial charge in [-0.15, -0.1) is 0 Å². The van der Waals surface area contributed by atoms with E-state index >= 15 is 0 Å². The molecule has 0 amide bonds. The van der Waals surface area contributed by atoms with E-state index in [0.29, 0.717) is 13.0 Å². The average molecular weight is 308 g/mol. The number of hydrogen-bond acceptors (Lipinski definition) is 3. The summed E-state index contributed by atoms with van der Waals surface area (Å²) in [5, 5.41) is 9.42. The third-order valence-corrected chi connectivity index (χ3v) is 3.95. The highest BCUT2D eigenvalue weighted by Crippen LogP contribution is 2.23. The average Bonchev–Trinajstić information content (AvgIpc) is 2.59. The van der Waals surface area contributed by atoms with E-state index in [4.69, 9.17) is 4.74 Å². The molecular weight excluding hydrogens is 284 g/mol. The zero-order chi connectivity index (χ0) is 16.7. The maximum atomic E-state index is 9.42. The van der Waals surface area contributed by atoms with E-state index in [1.54, 1.807) is 0 Å². The number of anilines is 1. The molecule has 0 radical (unpaired) electrons. The fourth-order valence-electron chi connectivity index (χ4n) is 2.46. The van der Waals surface area contributed by atoms with Gasteiger partial charge in [-0.3, -0.25) is 0 Å². The van der Waals surface area contributed by atoms with Gasteiger partial charge in [0.25, 0.3) is 0 Å². The number of nitriles is 1. The molecule has 0 aliphatic rings. The molecule has 0 spiro atoms. The van der Waals surface area contributed by atoms with Gasteiger partial charge in [0, 0.05) is 26.2 Å². The highest BCUT2D eigenvalue weighted by atomic mass is 16.5. The molecule has 23 heavy (non-hydrogen) atoms. The van der Waals surface area contributed by atoms with Crippen molar-refractivity contribution in [2.45, 2.75) is 25.7 Å². The number of benzene rings is 2. The summed E-state index contributed by atoms with van der Waals surface area (Å²) in [5.74, 6) is 0.740. The second kappa shape index (κ2) is 8.24. The van der Waals surface area contributed by atoms with Crippen molar-refractivity contribution in [1.82, 2.24) is 0 Å². The lowest BCUT2D eigenvalue weighted by Crippen LogP contribution is -2.09. The predicted molar refractivity (Wildman–Crippen MR) is 95.1 cm³/mol. The first-order chi connectivity index (χ1) is 11.1. The van der Waals surface area contributed by atoms with E-state index in [1.807, 2.05) is 50.5 Å². The van der Waals surface area contributed by atoms with E-state index in [-0.39, 0.29) is 5.92 Å². The normalized spacial score (nSPS) is 11.6. The standard InChI is InChI=1S/C20H24N2O/c1-4-16-6-5-7-20(14-16)23-13-12-18(15-21)17-8-10-19(11-9-17)22(2)3/h5-11,14,18H,4,12-13H2,1-3H3. The van der Waals surface area contributed by atoms with Crippen LogP contribution in [0.5, 0.6) is 5.75 Å². The summed E-state index contributed by atoms with van der Waals surface area (Å²) in [4.78, 5) is 2.05. The Morgan fingerprint density at radius 3 is 2.48 bits per heavy atom. The summed E-state index contributed by atoms with van der Waals surface area (Å²) in [6.45, 7) is 2.67. The van der Waals surface area contributed by atoms with Gasteiger partial charge in [-0.2, -0.15) is 5.26 Å². The summed E-state index contributed by atoms with van der Waals surface area (Å²) in [6.07, 6.45) is 1.68. The van der Waals surface area contributed by atoms with Crippen LogP contribution in [-0.4, -0.2) is 20.7 Å². The number of hydrogen-bond donors (Lipinski definition) is 0. The van der Waals surface area contributed by atoms with Crippen molar-refractivity contribution in [2.75, 3.05) is 25.6 Å². The van der Waals surface area contributed by atoms with Gasteiger partial charge in [0.2, 0.25) is 0 Å². The largest absolute Gasteiger partial charge is 0.494 e. The van der Waals surface area contributed by atoms with Gasteiger partial charge in [-0.25, -0.2) is 0 Å². The second-order valence-electron chi connectivity index (χ2n) is 5.81. The summed E-state index contributed by atoms with van der Waals surface area (Å²) < 4.78 is 5.80. The van der Waals surface area contributed by atoms with Crippen LogP contribution in [0.15, 0.2) is 48.5 Å². The minimum Gasteiger partial charge on any atom is -0.494 e. The third kappa shape index (κ3) is 4.75. The van der Waals surface area contributed by atoms with Crippen molar-refractivity contribution in [1.29, 1.82) is 5.26 Å². The summed E-state index contributed by atoms with van der Waals surface area (Å²) in [6, 6.07) is 18.7. The molecule has 1 atom stereocenters. The van der Waals surface area contributed by atoms with Gasteiger partial charge >= 0.3 is 0 Å². The van der Waals surface area contributed by atoms with E-state index in [1.165, 1.54) is 5.56 Å². The molecule has 3 nitrogen and oxygen atoms in total. The van der Waals surface area contributed by atoms with E-state index in [2.05, 4.69) is 30.0 Å². The summed E-state index contributed by atoms with van der Waals surface area (Å²) in [7, 11) is 4.02. The van der Waals surface area contributed by atoms with Gasteiger partial charge in [-0.05, 0) is 41.8 Å². The number of nitrogens with zero attached hydrogens (tertiary/aromatic N) is 2. The molecule has 0 aliphatic carbocycles. The molecule has 2 aromatic rings. The lowest BCUT2D eigenvalue weighted by Gasteiger charge is -2.15. The van der Waals surface area contributed by atoms with Crippen LogP contribution in [-0.2, 0) is 6.42 Å². The van der Waals surface area contributed by atoms with E-state index in [0.717, 1.165) is 23.4 Å². The third-order valence-electron chi connectivity index (χ3n) is 3.95.